The van der Waals surface area contributed by atoms with Gasteiger partial charge in [0.1, 0.15) is 23.0 Å². The minimum Gasteiger partial charge on any atom is -0.503 e. The van der Waals surface area contributed by atoms with Crippen molar-refractivity contribution in [1.82, 2.24) is 14.8 Å². The molecule has 2 N–H and O–H groups in total. The maximum Gasteiger partial charge on any atom is 0.276 e. The van der Waals surface area contributed by atoms with E-state index in [1.807, 2.05) is 0 Å². The van der Waals surface area contributed by atoms with Crippen molar-refractivity contribution in [3.8, 4) is 5.75 Å². The lowest BCUT2D eigenvalue weighted by Crippen LogP contribution is -2.58. The molecule has 1 aromatic heterocycles. The molecule has 33 heavy (non-hydrogen) atoms. The number of fused-ring (bicyclic) bond motifs is 8. The fourth-order valence-electron chi connectivity index (χ4n) is 5.54. The summed E-state index contributed by atoms with van der Waals surface area (Å²) < 4.78 is 48.1. The second kappa shape index (κ2) is 6.83. The highest BCUT2D eigenvalue weighted by Gasteiger charge is 2.63. The third-order valence-corrected chi connectivity index (χ3v) is 7.16. The van der Waals surface area contributed by atoms with Crippen molar-refractivity contribution in [2.24, 2.45) is 11.8 Å². The summed E-state index contributed by atoms with van der Waals surface area (Å²) in [4.78, 5) is 40.1. The molecule has 8 nitrogen and oxygen atoms in total. The highest BCUT2D eigenvalue weighted by molar-refractivity contribution is 5.99. The standard InChI is InChI=1S/C22H18F3N3O5/c23-8-1-13(24)11(14(25)2-8)5-26-21(31)12-6-27-7-17-28(22(32)18(27)20(30)19(12)29)15-4-16(33-17)10-3-9(10)15/h1-2,6,9-10,15-17,30H,3-5,7H2,(H,26,31)/t9?,10?,15-,16?,17?/m0/s1. The second-order valence-corrected chi connectivity index (χ2v) is 8.96. The monoisotopic (exact) mass is 461 g/mol. The molecule has 1 saturated heterocycles. The van der Waals surface area contributed by atoms with Crippen molar-refractivity contribution < 1.29 is 32.6 Å². The van der Waals surface area contributed by atoms with Crippen LogP contribution in [0.15, 0.2) is 23.1 Å². The second-order valence-electron chi connectivity index (χ2n) is 8.96. The maximum atomic E-state index is 13.8. The molecule has 11 heteroatoms. The summed E-state index contributed by atoms with van der Waals surface area (Å²) in [5, 5.41) is 12.7. The third kappa shape index (κ3) is 2.91. The van der Waals surface area contributed by atoms with Crippen LogP contribution in [-0.2, 0) is 17.8 Å². The van der Waals surface area contributed by atoms with E-state index in [0.29, 0.717) is 24.0 Å². The molecule has 2 saturated carbocycles. The Balaban J connectivity index is 1.30. The number of aromatic hydroxyl groups is 1. The average molecular weight is 461 g/mol. The number of pyridine rings is 1. The summed E-state index contributed by atoms with van der Waals surface area (Å²) in [5.74, 6) is -5.07. The number of hydrogen-bond acceptors (Lipinski definition) is 5. The first-order valence-corrected chi connectivity index (χ1v) is 10.6. The molecule has 2 bridgehead atoms. The van der Waals surface area contributed by atoms with Gasteiger partial charge in [-0.15, -0.1) is 0 Å². The molecule has 3 heterocycles. The summed E-state index contributed by atoms with van der Waals surface area (Å²) in [7, 11) is 0. The van der Waals surface area contributed by atoms with Crippen LogP contribution < -0.4 is 10.7 Å². The molecule has 0 radical (unpaired) electrons. The molecule has 2 aliphatic carbocycles. The van der Waals surface area contributed by atoms with Crippen molar-refractivity contribution >= 4 is 11.8 Å². The van der Waals surface area contributed by atoms with Crippen molar-refractivity contribution in [1.29, 1.82) is 0 Å². The Morgan fingerprint density at radius 2 is 1.88 bits per heavy atom. The minimum absolute atomic E-state index is 0.0120. The van der Waals surface area contributed by atoms with Gasteiger partial charge >= 0.3 is 0 Å². The molecule has 6 rings (SSSR count). The Labute approximate surface area is 184 Å². The molecule has 2 amide bonds. The van der Waals surface area contributed by atoms with Crippen LogP contribution in [0.4, 0.5) is 13.2 Å². The van der Waals surface area contributed by atoms with Crippen LogP contribution in [0.25, 0.3) is 0 Å². The number of amides is 2. The van der Waals surface area contributed by atoms with Crippen LogP contribution in [0.5, 0.6) is 5.75 Å². The van der Waals surface area contributed by atoms with E-state index in [0.717, 1.165) is 19.0 Å². The van der Waals surface area contributed by atoms with Gasteiger partial charge in [0.05, 0.1) is 12.6 Å². The number of benzene rings is 1. The van der Waals surface area contributed by atoms with E-state index in [9.17, 15) is 32.7 Å². The normalized spacial score (nSPS) is 28.8. The zero-order valence-corrected chi connectivity index (χ0v) is 17.1. The predicted octanol–water partition coefficient (Wildman–Crippen LogP) is 1.49. The first-order valence-electron chi connectivity index (χ1n) is 10.6. The SMILES string of the molecule is O=C(NCc1c(F)cc(F)cc1F)c1cn2c(c(O)c1=O)C(=O)N1C(C2)OC2C[C@H]1C1CC21. The zero-order valence-electron chi connectivity index (χ0n) is 17.1. The highest BCUT2D eigenvalue weighted by atomic mass is 19.1. The van der Waals surface area contributed by atoms with Crippen molar-refractivity contribution in [2.75, 3.05) is 0 Å². The van der Waals surface area contributed by atoms with E-state index < -0.39 is 64.3 Å². The van der Waals surface area contributed by atoms with Gasteiger partial charge in [0.2, 0.25) is 5.43 Å². The Hall–Kier alpha value is -3.34. The highest BCUT2D eigenvalue weighted by Crippen LogP contribution is 2.58. The number of hydrogen-bond donors (Lipinski definition) is 2. The lowest BCUT2D eigenvalue weighted by Gasteiger charge is -2.45. The molecular weight excluding hydrogens is 443 g/mol. The quantitative estimate of drug-likeness (QED) is 0.722. The molecule has 5 atom stereocenters. The van der Waals surface area contributed by atoms with Gasteiger partial charge in [-0.3, -0.25) is 14.4 Å². The van der Waals surface area contributed by atoms with E-state index in [4.69, 9.17) is 4.74 Å². The largest absolute Gasteiger partial charge is 0.503 e. The molecule has 4 unspecified atom stereocenters. The molecule has 4 aliphatic rings. The Bertz CT molecular complexity index is 1270. The van der Waals surface area contributed by atoms with E-state index in [-0.39, 0.29) is 24.4 Å². The Morgan fingerprint density at radius 3 is 2.61 bits per heavy atom. The van der Waals surface area contributed by atoms with Gasteiger partial charge in [0, 0.05) is 36.5 Å². The van der Waals surface area contributed by atoms with Gasteiger partial charge < -0.3 is 24.6 Å². The van der Waals surface area contributed by atoms with Crippen molar-refractivity contribution in [3.05, 3.63) is 62.8 Å². The van der Waals surface area contributed by atoms with Gasteiger partial charge in [0.25, 0.3) is 11.8 Å². The molecule has 2 aromatic rings. The number of ether oxygens (including phenoxy) is 1. The third-order valence-electron chi connectivity index (χ3n) is 7.16. The number of nitrogens with one attached hydrogen (secondary N) is 1. The summed E-state index contributed by atoms with van der Waals surface area (Å²) >= 11 is 0. The van der Waals surface area contributed by atoms with E-state index in [1.54, 1.807) is 4.90 Å². The molecule has 1 aromatic carbocycles. The van der Waals surface area contributed by atoms with Crippen molar-refractivity contribution in [3.63, 3.8) is 0 Å². The smallest absolute Gasteiger partial charge is 0.276 e. The van der Waals surface area contributed by atoms with Gasteiger partial charge in [0.15, 0.2) is 17.7 Å². The van der Waals surface area contributed by atoms with Crippen LogP contribution in [0.1, 0.15) is 39.3 Å². The fraction of sp³-hybridized carbons (Fsp3) is 0.409. The summed E-state index contributed by atoms with van der Waals surface area (Å²) in [6.07, 6.45) is 2.38. The molecular formula is C22H18F3N3O5. The topological polar surface area (TPSA) is 101 Å². The van der Waals surface area contributed by atoms with Crippen molar-refractivity contribution in [2.45, 2.75) is 44.3 Å². The Morgan fingerprint density at radius 1 is 1.15 bits per heavy atom. The Kier molecular flexibility index (Phi) is 4.20. The van der Waals surface area contributed by atoms with Crippen LogP contribution in [0, 0.1) is 29.3 Å². The number of aromatic nitrogens is 1. The number of carbonyl (C=O) groups is 2. The number of rotatable bonds is 3. The van der Waals surface area contributed by atoms with Crippen LogP contribution in [-0.4, -0.2) is 44.8 Å². The van der Waals surface area contributed by atoms with Gasteiger partial charge in [-0.2, -0.15) is 0 Å². The van der Waals surface area contributed by atoms with E-state index >= 15 is 0 Å². The molecule has 2 aliphatic heterocycles. The number of nitrogens with zero attached hydrogens (tertiary/aromatic N) is 2. The van der Waals surface area contributed by atoms with Gasteiger partial charge in [-0.1, -0.05) is 0 Å². The van der Waals surface area contributed by atoms with Crippen LogP contribution >= 0.6 is 0 Å². The zero-order chi connectivity index (χ0) is 23.2. The predicted molar refractivity (Wildman–Crippen MR) is 105 cm³/mol. The van der Waals surface area contributed by atoms with Gasteiger partial charge in [-0.25, -0.2) is 13.2 Å². The van der Waals surface area contributed by atoms with E-state index in [1.165, 1.54) is 4.57 Å². The van der Waals surface area contributed by atoms with Gasteiger partial charge in [-0.05, 0) is 24.7 Å². The van der Waals surface area contributed by atoms with Crippen LogP contribution in [0.3, 0.4) is 0 Å². The first-order chi connectivity index (χ1) is 15.7. The van der Waals surface area contributed by atoms with E-state index in [2.05, 4.69) is 5.32 Å². The molecule has 3 fully saturated rings. The summed E-state index contributed by atoms with van der Waals surface area (Å²) in [5.41, 5.74) is -2.36. The molecule has 0 spiro atoms. The molecule has 172 valence electrons. The summed E-state index contributed by atoms with van der Waals surface area (Å²) in [6.45, 7) is -0.522. The summed E-state index contributed by atoms with van der Waals surface area (Å²) in [6, 6.07) is 0.962. The lowest BCUT2D eigenvalue weighted by molar-refractivity contribution is -0.144. The maximum absolute atomic E-state index is 13.8. The minimum atomic E-state index is -1.19. The number of carbonyl (C=O) groups excluding carboxylic acids is 2. The number of halogens is 3. The first kappa shape index (κ1) is 20.3. The lowest BCUT2D eigenvalue weighted by atomic mass is 10.0. The fourth-order valence-corrected chi connectivity index (χ4v) is 5.54. The average Bonchev–Trinajstić information content (AvgIpc) is 3.50. The van der Waals surface area contributed by atoms with Crippen LogP contribution in [0.2, 0.25) is 0 Å².